The van der Waals surface area contributed by atoms with Crippen LogP contribution >= 0.6 is 0 Å². The number of Topliss-reactive ketones (excluding diaryl/α,β-unsaturated/α-hetero) is 1. The van der Waals surface area contributed by atoms with Crippen LogP contribution in [-0.4, -0.2) is 11.0 Å². The fraction of sp³-hybridized carbons (Fsp3) is 0.125. The molecule has 1 unspecified atom stereocenters. The number of hydrogen-bond donors (Lipinski definition) is 2. The van der Waals surface area contributed by atoms with E-state index in [4.69, 9.17) is 5.21 Å². The molecule has 0 aromatic heterocycles. The third kappa shape index (κ3) is 0.863. The summed E-state index contributed by atoms with van der Waals surface area (Å²) >= 11 is 0. The van der Waals surface area contributed by atoms with Crippen molar-refractivity contribution in [3.05, 3.63) is 34.5 Å². The van der Waals surface area contributed by atoms with Crippen LogP contribution < -0.4 is 5.23 Å². The highest BCUT2D eigenvalue weighted by molar-refractivity contribution is 6.08. The number of nitrogens with one attached hydrogen (secondary N) is 1. The van der Waals surface area contributed by atoms with E-state index in [9.17, 15) is 10.0 Å². The van der Waals surface area contributed by atoms with E-state index in [0.717, 1.165) is 0 Å². The molecule has 1 aliphatic rings. The van der Waals surface area contributed by atoms with Gasteiger partial charge in [0, 0.05) is 23.6 Å². The van der Waals surface area contributed by atoms with Crippen LogP contribution in [0.1, 0.15) is 15.9 Å². The van der Waals surface area contributed by atoms with Crippen molar-refractivity contribution in [3.8, 4) is 0 Å². The summed E-state index contributed by atoms with van der Waals surface area (Å²) in [5.74, 6) is 0.0353. The lowest BCUT2D eigenvalue weighted by atomic mass is 9.86. The molecular formula is C8H7NO3. The quantitative estimate of drug-likeness (QED) is 0.568. The molecule has 0 amide bonds. The molecule has 0 spiro atoms. The number of ketones is 1. The minimum Gasteiger partial charge on any atom is -0.595 e. The first-order valence-electron chi connectivity index (χ1n) is 3.58. The summed E-state index contributed by atoms with van der Waals surface area (Å²) in [6, 6.07) is 4.78. The number of rotatable bonds is 1. The number of benzene rings is 1. The third-order valence-corrected chi connectivity index (χ3v) is 2.04. The Morgan fingerprint density at radius 3 is 2.83 bits per heavy atom. The van der Waals surface area contributed by atoms with E-state index in [1.807, 2.05) is 0 Å². The average molecular weight is 165 g/mol. The van der Waals surface area contributed by atoms with Crippen molar-refractivity contribution in [2.24, 2.45) is 0 Å². The van der Waals surface area contributed by atoms with Crippen LogP contribution in [0.3, 0.4) is 0 Å². The summed E-state index contributed by atoms with van der Waals surface area (Å²) in [5, 5.41) is 18.3. The molecule has 0 saturated heterocycles. The van der Waals surface area contributed by atoms with Gasteiger partial charge in [0.25, 0.3) is 0 Å². The van der Waals surface area contributed by atoms with Crippen LogP contribution in [0.4, 0.5) is 5.69 Å². The van der Waals surface area contributed by atoms with Gasteiger partial charge in [-0.05, 0) is 0 Å². The molecule has 0 fully saturated rings. The molecule has 0 aliphatic heterocycles. The number of carbonyl (C=O) groups is 1. The number of hydrogen-bond acceptors (Lipinski definition) is 3. The smallest absolute Gasteiger partial charge is 0.168 e. The third-order valence-electron chi connectivity index (χ3n) is 2.04. The molecule has 2 N–H and O–H groups in total. The van der Waals surface area contributed by atoms with Gasteiger partial charge >= 0.3 is 0 Å². The van der Waals surface area contributed by atoms with Gasteiger partial charge in [-0.15, -0.1) is 0 Å². The Balaban J connectivity index is 2.53. The van der Waals surface area contributed by atoms with Gasteiger partial charge < -0.3 is 5.21 Å². The van der Waals surface area contributed by atoms with E-state index in [1.165, 1.54) is 6.07 Å². The van der Waals surface area contributed by atoms with Crippen molar-refractivity contribution >= 4 is 11.5 Å². The highest BCUT2D eigenvalue weighted by Crippen LogP contribution is 2.27. The molecule has 0 heterocycles. The lowest BCUT2D eigenvalue weighted by Gasteiger charge is -2.22. The van der Waals surface area contributed by atoms with E-state index in [0.29, 0.717) is 11.1 Å². The lowest BCUT2D eigenvalue weighted by molar-refractivity contribution is -0.991. The zero-order valence-electron chi connectivity index (χ0n) is 6.20. The molecule has 4 nitrogen and oxygen atoms in total. The van der Waals surface area contributed by atoms with Gasteiger partial charge in [0.1, 0.15) is 0 Å². The van der Waals surface area contributed by atoms with Crippen molar-refractivity contribution in [3.63, 3.8) is 0 Å². The maximum absolute atomic E-state index is 10.9. The standard InChI is InChI=1S/C8H7NO3/c10-8-4-6-5(8)2-1-3-7(6)9(11)12/h1-3,9,11H,4H2. The second-order valence-electron chi connectivity index (χ2n) is 2.74. The summed E-state index contributed by atoms with van der Waals surface area (Å²) < 4.78 is 0. The zero-order valence-corrected chi connectivity index (χ0v) is 6.20. The van der Waals surface area contributed by atoms with Crippen molar-refractivity contribution < 1.29 is 15.2 Å². The zero-order chi connectivity index (χ0) is 8.72. The predicted molar refractivity (Wildman–Crippen MR) is 40.3 cm³/mol. The summed E-state index contributed by atoms with van der Waals surface area (Å²) in [7, 11) is 0. The molecule has 1 aromatic carbocycles. The average Bonchev–Trinajstić information content (AvgIpc) is 2.02. The van der Waals surface area contributed by atoms with Crippen LogP contribution in [0.15, 0.2) is 18.2 Å². The summed E-state index contributed by atoms with van der Waals surface area (Å²) in [6.07, 6.45) is 0.276. The number of fused-ring (bicyclic) bond motifs is 1. The van der Waals surface area contributed by atoms with E-state index in [-0.39, 0.29) is 17.9 Å². The molecule has 4 heteroatoms. The summed E-state index contributed by atoms with van der Waals surface area (Å²) in [6.45, 7) is 0. The van der Waals surface area contributed by atoms with E-state index >= 15 is 0 Å². The Morgan fingerprint density at radius 2 is 2.25 bits per heavy atom. The predicted octanol–water partition coefficient (Wildman–Crippen LogP) is -0.171. The molecule has 12 heavy (non-hydrogen) atoms. The summed E-state index contributed by atoms with van der Waals surface area (Å²) in [5.41, 5.74) is 1.50. The first-order chi connectivity index (χ1) is 5.70. The van der Waals surface area contributed by atoms with Crippen molar-refractivity contribution in [1.82, 2.24) is 0 Å². The fourth-order valence-electron chi connectivity index (χ4n) is 1.39. The molecule has 1 atom stereocenters. The second kappa shape index (κ2) is 2.38. The lowest BCUT2D eigenvalue weighted by Crippen LogP contribution is -2.99. The Kier molecular flexibility index (Phi) is 1.47. The Morgan fingerprint density at radius 1 is 1.50 bits per heavy atom. The monoisotopic (exact) mass is 165 g/mol. The molecule has 0 radical (unpaired) electrons. The van der Waals surface area contributed by atoms with Crippen LogP contribution in [-0.2, 0) is 6.42 Å². The second-order valence-corrected chi connectivity index (χ2v) is 2.74. The van der Waals surface area contributed by atoms with Gasteiger partial charge in [-0.3, -0.25) is 4.79 Å². The Labute approximate surface area is 68.6 Å². The van der Waals surface area contributed by atoms with Crippen LogP contribution in [0.2, 0.25) is 0 Å². The van der Waals surface area contributed by atoms with E-state index in [1.54, 1.807) is 12.1 Å². The molecule has 1 aliphatic carbocycles. The van der Waals surface area contributed by atoms with Gasteiger partial charge in [-0.1, -0.05) is 12.1 Å². The molecule has 2 rings (SSSR count). The SMILES string of the molecule is O=C1Cc2c1cccc2[NH+]([O-])O. The maximum atomic E-state index is 10.9. The van der Waals surface area contributed by atoms with E-state index < -0.39 is 5.23 Å². The number of quaternary nitrogens is 1. The van der Waals surface area contributed by atoms with Gasteiger partial charge in [0.2, 0.25) is 0 Å². The molecule has 0 bridgehead atoms. The van der Waals surface area contributed by atoms with Crippen molar-refractivity contribution in [2.45, 2.75) is 6.42 Å². The van der Waals surface area contributed by atoms with Crippen LogP contribution in [0, 0.1) is 5.21 Å². The van der Waals surface area contributed by atoms with Gasteiger partial charge in [-0.2, -0.15) is 5.23 Å². The molecular weight excluding hydrogens is 158 g/mol. The van der Waals surface area contributed by atoms with Gasteiger partial charge in [0.15, 0.2) is 11.5 Å². The molecule has 62 valence electrons. The fourth-order valence-corrected chi connectivity index (χ4v) is 1.39. The van der Waals surface area contributed by atoms with E-state index in [2.05, 4.69) is 0 Å². The van der Waals surface area contributed by atoms with Crippen LogP contribution in [0.5, 0.6) is 0 Å². The van der Waals surface area contributed by atoms with Crippen molar-refractivity contribution in [2.75, 3.05) is 0 Å². The highest BCUT2D eigenvalue weighted by Gasteiger charge is 2.28. The van der Waals surface area contributed by atoms with Gasteiger partial charge in [-0.25, -0.2) is 5.21 Å². The topological polar surface area (TPSA) is 64.8 Å². The minimum absolute atomic E-state index is 0.0353. The number of carbonyl (C=O) groups excluding carboxylic acids is 1. The molecule has 1 aromatic rings. The van der Waals surface area contributed by atoms with Crippen LogP contribution in [0.25, 0.3) is 0 Å². The minimum atomic E-state index is -0.959. The normalized spacial score (nSPS) is 16.7. The Hall–Kier alpha value is -1.23. The highest BCUT2D eigenvalue weighted by atomic mass is 16.8. The largest absolute Gasteiger partial charge is 0.595 e. The first kappa shape index (κ1) is 7.42. The van der Waals surface area contributed by atoms with Gasteiger partial charge in [0.05, 0.1) is 0 Å². The maximum Gasteiger partial charge on any atom is 0.168 e. The molecule has 0 saturated carbocycles. The summed E-state index contributed by atoms with van der Waals surface area (Å²) in [4.78, 5) is 10.9. The Bertz CT molecular complexity index is 346. The first-order valence-corrected chi connectivity index (χ1v) is 3.58. The van der Waals surface area contributed by atoms with Crippen molar-refractivity contribution in [1.29, 1.82) is 0 Å².